The van der Waals surface area contributed by atoms with E-state index in [0.717, 1.165) is 7.11 Å². The molecule has 566 valence electrons. The van der Waals surface area contributed by atoms with Crippen molar-refractivity contribution >= 4 is 94.8 Å². The molecule has 0 aliphatic carbocycles. The number of ether oxygens (including phenoxy) is 6. The first kappa shape index (κ1) is 101. The van der Waals surface area contributed by atoms with Crippen LogP contribution in [0.2, 0.25) is 0 Å². The molecule has 0 aromatic rings. The highest BCUT2D eigenvalue weighted by Gasteiger charge is 2.41. The number of aliphatic hydroxyl groups is 6. The van der Waals surface area contributed by atoms with Crippen molar-refractivity contribution < 1.29 is 225 Å². The zero-order valence-electron chi connectivity index (χ0n) is 45.0. The van der Waals surface area contributed by atoms with Crippen molar-refractivity contribution in [1.82, 2.24) is 14.2 Å². The van der Waals surface area contributed by atoms with E-state index in [1.54, 1.807) is 4.72 Å². The Labute approximate surface area is 529 Å². The van der Waals surface area contributed by atoms with Crippen molar-refractivity contribution in [3.8, 4) is 0 Å². The average molecular weight is 1550 g/mol. The second kappa shape index (κ2) is 42.9. The van der Waals surface area contributed by atoms with Gasteiger partial charge in [0.2, 0.25) is 52.0 Å². The van der Waals surface area contributed by atoms with Crippen molar-refractivity contribution in [1.29, 1.82) is 0 Å². The molecule has 0 bridgehead atoms. The summed E-state index contributed by atoms with van der Waals surface area (Å²) in [6, 6.07) is -4.24. The molecule has 0 aromatic carbocycles. The molecular weight excluding hydrogens is 1480 g/mol. The predicted octanol–water partition coefficient (Wildman–Crippen LogP) is -18.5. The number of carboxylic acids is 2. The van der Waals surface area contributed by atoms with Gasteiger partial charge in [0.05, 0.1) is 125 Å². The molecule has 93 heavy (non-hydrogen) atoms. The largest absolute Gasteiger partial charge is 0.735 e. The molecular formula is C33H67N3O49S8-10. The highest BCUT2D eigenvalue weighted by atomic mass is 32.3. The Morgan fingerprint density at radius 1 is 0.441 bits per heavy atom. The van der Waals surface area contributed by atoms with Gasteiger partial charge in [-0.05, 0) is 0 Å². The zero-order chi connectivity index (χ0) is 67.6. The van der Waals surface area contributed by atoms with Crippen molar-refractivity contribution in [3.63, 3.8) is 0 Å². The molecule has 5 rings (SSSR count). The van der Waals surface area contributed by atoms with Gasteiger partial charge in [-0.3, -0.25) is 20.9 Å². The number of carbonyl (C=O) groups excluding carboxylic acids is 2. The van der Waals surface area contributed by atoms with Crippen molar-refractivity contribution in [2.75, 3.05) is 53.4 Å². The number of methoxy groups -OCH3 is 1. The molecule has 5 aliphatic heterocycles. The van der Waals surface area contributed by atoms with Gasteiger partial charge in [0.25, 0.3) is 0 Å². The van der Waals surface area contributed by atoms with Crippen LogP contribution in [0.25, 0.3) is 0 Å². The van der Waals surface area contributed by atoms with E-state index in [2.05, 4.69) is 30.4 Å². The van der Waals surface area contributed by atoms with E-state index in [1.807, 2.05) is 0 Å². The summed E-state index contributed by atoms with van der Waals surface area (Å²) in [6.45, 7) is -4.09. The molecule has 0 aromatic heterocycles. The van der Waals surface area contributed by atoms with E-state index in [4.69, 9.17) is 29.2 Å². The molecule has 17 atom stereocenters. The molecule has 5 saturated heterocycles. The number of aliphatic hydroxyl groups excluding tert-OH is 6. The third-order valence-corrected chi connectivity index (χ3v) is 14.6. The number of rotatable bonds is 22. The van der Waals surface area contributed by atoms with Crippen LogP contribution in [0.1, 0.15) is 40.5 Å². The molecule has 0 radical (unpaired) electrons. The monoisotopic (exact) mass is 1550 g/mol. The summed E-state index contributed by atoms with van der Waals surface area (Å²) in [5.41, 5.74) is 0. The lowest BCUT2D eigenvalue weighted by Gasteiger charge is -2.39. The fourth-order valence-electron chi connectivity index (χ4n) is 6.94. The highest BCUT2D eigenvalue weighted by molar-refractivity contribution is 7.84. The van der Waals surface area contributed by atoms with Gasteiger partial charge in [-0.2, -0.15) is 0 Å². The van der Waals surface area contributed by atoms with Crippen LogP contribution >= 0.6 is 0 Å². The number of carbonyl (C=O) groups is 2. The van der Waals surface area contributed by atoms with Crippen LogP contribution in [0.4, 0.5) is 0 Å². The van der Waals surface area contributed by atoms with Gasteiger partial charge in [0.15, 0.2) is 37.2 Å². The Kier molecular flexibility index (Phi) is 46.8. The molecule has 0 spiro atoms. The summed E-state index contributed by atoms with van der Waals surface area (Å²) in [4.78, 5) is 20.5. The van der Waals surface area contributed by atoms with Gasteiger partial charge < -0.3 is 137 Å². The molecule has 52 nitrogen and oxygen atoms in total. The zero-order valence-corrected chi connectivity index (χ0v) is 51.5. The first-order valence-electron chi connectivity index (χ1n) is 22.6. The lowest BCUT2D eigenvalue weighted by atomic mass is 9.99. The van der Waals surface area contributed by atoms with E-state index < -0.39 is 245 Å². The lowest BCUT2D eigenvalue weighted by Crippen LogP contribution is -2.60. The average Bonchev–Trinajstić information content (AvgIpc) is 0.967. The standard InChI is InChI=1S/C7H15NO10S2.C6H13NO12S3.C6H13NO10S2.C6H10O8S.C6H10O5.2CH4.4H2O/c1-16-7-6(8-19(10,11)12)5(9)2-4(18-7)3-17-20(13,14)15;8-20(9,10)7-5-3-17-4(2-18-21(11,12)13)1-6(5)19-22(14,15)16;8-5-3(7-18(10,11)12)1-16-4(6(5)9)2-17-19(13,14)15;7-3-1-4(6(8)9)13-2-5(3)14-15(10,11)12;7-3-1-5(6(9)10)11-2-4(3)8;;;;;;/h4-9H,2-3H2,1H3,(H,10,11,12)(H,13,14,15);4-7H,1-3H2,(H,8,9,10)(H,11,12,13)(H,14,15,16);3-9H,1-2H2,(H,10,11,12)(H,13,14,15);3-5,7H,1-2H2,(H,8,9)(H,10,11,12);3-5,7-8H,1-2H2,(H,9,10);2*1H4;4*1H2/p-10/t4?,5-,6?,7+;4?,5?,6-;3?,4?,5-,6+;2*3-,4?,5?;;;;;;/m11011....../s1. The van der Waals surface area contributed by atoms with Gasteiger partial charge in [0, 0.05) is 32.8 Å². The van der Waals surface area contributed by atoms with Crippen molar-refractivity contribution in [3.05, 3.63) is 0 Å². The summed E-state index contributed by atoms with van der Waals surface area (Å²) in [5, 5.41) is 76.4. The predicted molar refractivity (Wildman–Crippen MR) is 273 cm³/mol. The van der Waals surface area contributed by atoms with Crippen LogP contribution in [-0.2, 0) is 142 Å². The fourth-order valence-corrected chi connectivity index (χ4v) is 10.6. The number of carboxylic acid groups (broad SMARTS) is 2. The Hall–Kier alpha value is -2.74. The SMILES string of the molecule is C.C.CO[C@H]1OC(COS(=O)(=O)[O-])C[C@@H](O)C1NS(=O)(=O)[O-].O.O.O.O.O=C([O-])C1C[C@@H](O)C(O)CO1.O=C([O-])C1C[C@@H](O)C(OS(=O)(=O)[O-])CO1.O=S(=O)([O-])NC1COC(COS(=O)(=O)[O-])C[C@H]1OS(=O)(=O)[O-].O=S(=O)([O-])NC1COC(COS(=O)(=O)[O-])[C@@H](O)[C@H]1O. The molecule has 5 aliphatic rings. The third-order valence-electron chi connectivity index (χ3n) is 10.6. The van der Waals surface area contributed by atoms with Crippen LogP contribution in [-0.4, -0.2) is 325 Å². The second-order valence-electron chi connectivity index (χ2n) is 17.3. The quantitative estimate of drug-likeness (QED) is 0.0359. The van der Waals surface area contributed by atoms with E-state index in [-0.39, 0.29) is 62.6 Å². The third kappa shape index (κ3) is 45.5. The van der Waals surface area contributed by atoms with Gasteiger partial charge in [0.1, 0.15) is 30.5 Å². The molecule has 10 unspecified atom stereocenters. The van der Waals surface area contributed by atoms with E-state index >= 15 is 0 Å². The van der Waals surface area contributed by atoms with Gasteiger partial charge >= 0.3 is 0 Å². The first-order chi connectivity index (χ1) is 39.2. The summed E-state index contributed by atoms with van der Waals surface area (Å²) < 4.78 is 303. The number of nitrogens with one attached hydrogen (secondary N) is 3. The minimum atomic E-state index is -5.24. The fraction of sp³-hybridized carbons (Fsp3) is 0.939. The summed E-state index contributed by atoms with van der Waals surface area (Å²) in [7, 11) is -38.7. The van der Waals surface area contributed by atoms with Gasteiger partial charge in [-0.15, -0.1) is 0 Å². The summed E-state index contributed by atoms with van der Waals surface area (Å²) in [5.74, 6) is -2.87. The van der Waals surface area contributed by atoms with Crippen LogP contribution in [0.5, 0.6) is 0 Å². The number of aliphatic carboxylic acids is 2. The van der Waals surface area contributed by atoms with Crippen LogP contribution < -0.4 is 24.4 Å². The van der Waals surface area contributed by atoms with Crippen LogP contribution in [0, 0.1) is 0 Å². The highest BCUT2D eigenvalue weighted by Crippen LogP contribution is 2.24. The Balaban J connectivity index is -0.000000254. The maximum absolute atomic E-state index is 10.6. The Bertz CT molecular complexity index is 3120. The minimum absolute atomic E-state index is 0. The minimum Gasteiger partial charge on any atom is -0.735 e. The molecule has 5 heterocycles. The Morgan fingerprint density at radius 3 is 1.24 bits per heavy atom. The molecule has 60 heteroatoms. The summed E-state index contributed by atoms with van der Waals surface area (Å²) in [6.07, 6.45) is -19.9. The first-order valence-corrected chi connectivity index (χ1v) is 33.5. The van der Waals surface area contributed by atoms with Crippen molar-refractivity contribution in [2.45, 2.75) is 144 Å². The van der Waals surface area contributed by atoms with Gasteiger partial charge in [-0.1, -0.05) is 14.9 Å². The van der Waals surface area contributed by atoms with E-state index in [0.29, 0.717) is 0 Å². The molecule has 17 N–H and O–H groups in total. The maximum Gasteiger partial charge on any atom is 0.218 e. The second-order valence-corrected chi connectivity index (χ2v) is 25.9. The molecule has 5 fully saturated rings. The van der Waals surface area contributed by atoms with E-state index in [1.165, 1.54) is 9.44 Å². The maximum atomic E-state index is 10.6. The number of hydrogen-bond donors (Lipinski definition) is 9. The molecule has 0 amide bonds. The van der Waals surface area contributed by atoms with Crippen molar-refractivity contribution in [2.24, 2.45) is 0 Å². The summed E-state index contributed by atoms with van der Waals surface area (Å²) >= 11 is 0. The molecule has 0 saturated carbocycles. The normalized spacial score (nSPS) is 30.1. The van der Waals surface area contributed by atoms with Crippen LogP contribution in [0.3, 0.4) is 0 Å². The smallest absolute Gasteiger partial charge is 0.218 e. The van der Waals surface area contributed by atoms with Crippen LogP contribution in [0.15, 0.2) is 0 Å². The lowest BCUT2D eigenvalue weighted by molar-refractivity contribution is -0.322. The Morgan fingerprint density at radius 2 is 0.839 bits per heavy atom. The number of hydrogen-bond acceptors (Lipinski definition) is 45. The van der Waals surface area contributed by atoms with E-state index in [9.17, 15) is 144 Å². The topological polar surface area (TPSA) is 923 Å². The van der Waals surface area contributed by atoms with Gasteiger partial charge in [-0.25, -0.2) is 81.5 Å².